The zero-order valence-corrected chi connectivity index (χ0v) is 8.14. The van der Waals surface area contributed by atoms with Gasteiger partial charge in [0.05, 0.1) is 19.8 Å². The second-order valence-electron chi connectivity index (χ2n) is 2.21. The highest BCUT2D eigenvalue weighted by Gasteiger charge is 1.96. The maximum Gasteiger partial charge on any atom is 0.314 e. The van der Waals surface area contributed by atoms with Crippen molar-refractivity contribution < 1.29 is 14.6 Å². The molecule has 0 aliphatic carbocycles. The molecule has 2 amide bonds. The predicted octanol–water partition coefficient (Wildman–Crippen LogP) is -0.467. The lowest BCUT2D eigenvalue weighted by Gasteiger charge is -2.05. The highest BCUT2D eigenvalue weighted by Crippen LogP contribution is 1.73. The summed E-state index contributed by atoms with van der Waals surface area (Å²) >= 11 is 5.35. The second kappa shape index (κ2) is 9.57. The third kappa shape index (κ3) is 9.39. The lowest BCUT2D eigenvalue weighted by Crippen LogP contribution is -2.38. The van der Waals surface area contributed by atoms with E-state index >= 15 is 0 Å². The van der Waals surface area contributed by atoms with Crippen molar-refractivity contribution in [1.29, 1.82) is 0 Å². The van der Waals surface area contributed by atoms with E-state index in [1.54, 1.807) is 0 Å². The predicted molar refractivity (Wildman–Crippen MR) is 50.0 cm³/mol. The summed E-state index contributed by atoms with van der Waals surface area (Å²) in [7, 11) is 0. The third-order valence-electron chi connectivity index (χ3n) is 1.15. The minimum Gasteiger partial charge on any atom is -0.394 e. The molecular weight excluding hydrogens is 196 g/mol. The van der Waals surface area contributed by atoms with Crippen LogP contribution in [-0.2, 0) is 4.74 Å². The number of ether oxygens (including phenoxy) is 1. The molecule has 78 valence electrons. The standard InChI is InChI=1S/C7H15ClN2O3/c8-1-2-9-7(12)10-3-5-13-6-4-11/h11H,1-6H2,(H2,9,10,12). The third-order valence-corrected chi connectivity index (χ3v) is 1.34. The van der Waals surface area contributed by atoms with Gasteiger partial charge < -0.3 is 20.5 Å². The molecule has 0 spiro atoms. The second-order valence-corrected chi connectivity index (χ2v) is 2.59. The number of halogens is 1. The Balaban J connectivity index is 3.08. The van der Waals surface area contributed by atoms with Crippen LogP contribution in [0, 0.1) is 0 Å². The van der Waals surface area contributed by atoms with E-state index in [-0.39, 0.29) is 12.6 Å². The number of aliphatic hydroxyl groups excluding tert-OH is 1. The van der Waals surface area contributed by atoms with Crippen LogP contribution in [0.4, 0.5) is 4.79 Å². The van der Waals surface area contributed by atoms with Crippen molar-refractivity contribution in [3.05, 3.63) is 0 Å². The van der Waals surface area contributed by atoms with E-state index in [9.17, 15) is 4.79 Å². The van der Waals surface area contributed by atoms with Crippen molar-refractivity contribution in [1.82, 2.24) is 10.6 Å². The molecule has 3 N–H and O–H groups in total. The summed E-state index contributed by atoms with van der Waals surface area (Å²) < 4.78 is 4.92. The molecule has 0 rings (SSSR count). The molecule has 13 heavy (non-hydrogen) atoms. The molecule has 0 heterocycles. The minimum absolute atomic E-state index is 0.00154. The number of nitrogens with one attached hydrogen (secondary N) is 2. The fourth-order valence-electron chi connectivity index (χ4n) is 0.627. The topological polar surface area (TPSA) is 70.6 Å². The quantitative estimate of drug-likeness (QED) is 0.393. The van der Waals surface area contributed by atoms with Gasteiger partial charge in [-0.25, -0.2) is 4.79 Å². The maximum absolute atomic E-state index is 10.8. The first-order valence-corrected chi connectivity index (χ1v) is 4.61. The average molecular weight is 211 g/mol. The van der Waals surface area contributed by atoms with E-state index in [0.29, 0.717) is 32.2 Å². The number of amides is 2. The van der Waals surface area contributed by atoms with Crippen LogP contribution in [0.15, 0.2) is 0 Å². The van der Waals surface area contributed by atoms with Gasteiger partial charge in [-0.15, -0.1) is 11.6 Å². The highest BCUT2D eigenvalue weighted by atomic mass is 35.5. The van der Waals surface area contributed by atoms with Crippen molar-refractivity contribution >= 4 is 17.6 Å². The zero-order chi connectivity index (χ0) is 9.94. The molecule has 0 aromatic carbocycles. The van der Waals surface area contributed by atoms with Gasteiger partial charge in [0.15, 0.2) is 0 Å². The summed E-state index contributed by atoms with van der Waals surface area (Å²) in [5.41, 5.74) is 0. The summed E-state index contributed by atoms with van der Waals surface area (Å²) in [6.45, 7) is 1.57. The van der Waals surface area contributed by atoms with Crippen LogP contribution in [0.1, 0.15) is 0 Å². The fourth-order valence-corrected chi connectivity index (χ4v) is 0.721. The number of carbonyl (C=O) groups is 1. The van der Waals surface area contributed by atoms with Crippen LogP contribution in [0.25, 0.3) is 0 Å². The van der Waals surface area contributed by atoms with Gasteiger partial charge in [0.2, 0.25) is 0 Å². The summed E-state index contributed by atoms with van der Waals surface area (Å²) in [5.74, 6) is 0.397. The van der Waals surface area contributed by atoms with Crippen LogP contribution in [0.3, 0.4) is 0 Å². The van der Waals surface area contributed by atoms with Crippen LogP contribution in [0.5, 0.6) is 0 Å². The molecule has 5 nitrogen and oxygen atoms in total. The Hall–Kier alpha value is -0.520. The molecule has 0 atom stereocenters. The Labute approximate surface area is 82.4 Å². The molecule has 0 aromatic heterocycles. The Morgan fingerprint density at radius 3 is 2.62 bits per heavy atom. The Morgan fingerprint density at radius 2 is 2.00 bits per heavy atom. The van der Waals surface area contributed by atoms with Crippen LogP contribution >= 0.6 is 11.6 Å². The molecule has 0 fully saturated rings. The van der Waals surface area contributed by atoms with Gasteiger partial charge in [-0.3, -0.25) is 0 Å². The van der Waals surface area contributed by atoms with Gasteiger partial charge in [-0.2, -0.15) is 0 Å². The van der Waals surface area contributed by atoms with Crippen molar-refractivity contribution in [2.45, 2.75) is 0 Å². The van der Waals surface area contributed by atoms with Crippen LogP contribution in [-0.4, -0.2) is 49.9 Å². The summed E-state index contributed by atoms with van der Waals surface area (Å²) in [5, 5.41) is 13.4. The largest absolute Gasteiger partial charge is 0.394 e. The smallest absolute Gasteiger partial charge is 0.314 e. The van der Waals surface area contributed by atoms with E-state index < -0.39 is 0 Å². The number of urea groups is 1. The van der Waals surface area contributed by atoms with E-state index in [4.69, 9.17) is 21.4 Å². The summed E-state index contributed by atoms with van der Waals surface area (Å²) in [6, 6.07) is -0.256. The van der Waals surface area contributed by atoms with Crippen molar-refractivity contribution in [3.8, 4) is 0 Å². The first-order valence-electron chi connectivity index (χ1n) is 4.07. The molecule has 0 saturated heterocycles. The van der Waals surface area contributed by atoms with Crippen LogP contribution < -0.4 is 10.6 Å². The molecule has 0 aliphatic heterocycles. The highest BCUT2D eigenvalue weighted by molar-refractivity contribution is 6.18. The molecule has 0 aliphatic rings. The summed E-state index contributed by atoms with van der Waals surface area (Å²) in [6.07, 6.45) is 0. The van der Waals surface area contributed by atoms with Crippen molar-refractivity contribution in [3.63, 3.8) is 0 Å². The number of alkyl halides is 1. The van der Waals surface area contributed by atoms with Crippen molar-refractivity contribution in [2.24, 2.45) is 0 Å². The van der Waals surface area contributed by atoms with Gasteiger partial charge >= 0.3 is 6.03 Å². The molecule has 0 aromatic rings. The van der Waals surface area contributed by atoms with Gasteiger partial charge in [0.1, 0.15) is 0 Å². The number of hydrogen-bond donors (Lipinski definition) is 3. The normalized spacial score (nSPS) is 9.69. The maximum atomic E-state index is 10.8. The van der Waals surface area contributed by atoms with Gasteiger partial charge in [-0.05, 0) is 0 Å². The number of hydrogen-bond acceptors (Lipinski definition) is 3. The average Bonchev–Trinajstić information content (AvgIpc) is 2.14. The molecule has 6 heteroatoms. The van der Waals surface area contributed by atoms with E-state index in [1.807, 2.05) is 0 Å². The monoisotopic (exact) mass is 210 g/mol. The van der Waals surface area contributed by atoms with Gasteiger partial charge in [0.25, 0.3) is 0 Å². The lowest BCUT2D eigenvalue weighted by atomic mass is 10.6. The Bertz CT molecular complexity index is 135. The zero-order valence-electron chi connectivity index (χ0n) is 7.38. The molecular formula is C7H15ClN2O3. The molecule has 0 bridgehead atoms. The molecule has 0 saturated carbocycles. The first kappa shape index (κ1) is 12.5. The van der Waals surface area contributed by atoms with Crippen LogP contribution in [0.2, 0.25) is 0 Å². The summed E-state index contributed by atoms with van der Waals surface area (Å²) in [4.78, 5) is 10.8. The number of rotatable bonds is 7. The lowest BCUT2D eigenvalue weighted by molar-refractivity contribution is 0.0947. The number of aliphatic hydroxyl groups is 1. The van der Waals surface area contributed by atoms with E-state index in [2.05, 4.69) is 10.6 Å². The van der Waals surface area contributed by atoms with Crippen molar-refractivity contribution in [2.75, 3.05) is 38.8 Å². The van der Waals surface area contributed by atoms with Gasteiger partial charge in [-0.1, -0.05) is 0 Å². The fraction of sp³-hybridized carbons (Fsp3) is 0.857. The minimum atomic E-state index is -0.256. The molecule has 0 unspecified atom stereocenters. The molecule has 0 radical (unpaired) electrons. The SMILES string of the molecule is O=C(NCCCl)NCCOCCO. The van der Waals surface area contributed by atoms with Gasteiger partial charge in [0, 0.05) is 19.0 Å². The Kier molecular flexibility index (Phi) is 9.18. The first-order chi connectivity index (χ1) is 6.31. The Morgan fingerprint density at radius 1 is 1.31 bits per heavy atom. The number of carbonyl (C=O) groups excluding carboxylic acids is 1. The van der Waals surface area contributed by atoms with E-state index in [1.165, 1.54) is 0 Å². The van der Waals surface area contributed by atoms with E-state index in [0.717, 1.165) is 0 Å².